The Bertz CT molecular complexity index is 794. The standard InChI is InChI=1S/C21H25NO4/c1-4-18(5-2)22-20(23)14-26-21(24)11-7-15-6-8-17-13-19(25-3)10-9-16(17)12-15/h6-13,18H,4-5,14H2,1-3H3,(H,22,23)/b11-7+. The van der Waals surface area contributed by atoms with Crippen LogP contribution in [0.2, 0.25) is 0 Å². The lowest BCUT2D eigenvalue weighted by Crippen LogP contribution is -2.36. The summed E-state index contributed by atoms with van der Waals surface area (Å²) in [7, 11) is 1.63. The summed E-state index contributed by atoms with van der Waals surface area (Å²) >= 11 is 0. The maximum absolute atomic E-state index is 11.8. The van der Waals surface area contributed by atoms with Crippen LogP contribution in [0.25, 0.3) is 16.8 Å². The fourth-order valence-corrected chi connectivity index (χ4v) is 2.58. The zero-order chi connectivity index (χ0) is 18.9. The molecule has 2 aromatic carbocycles. The second-order valence-electron chi connectivity index (χ2n) is 5.99. The molecule has 5 heteroatoms. The lowest BCUT2D eigenvalue weighted by molar-refractivity contribution is -0.144. The van der Waals surface area contributed by atoms with E-state index in [0.717, 1.165) is 34.9 Å². The smallest absolute Gasteiger partial charge is 0.331 e. The summed E-state index contributed by atoms with van der Waals surface area (Å²) in [5.74, 6) is -0.0179. The first-order chi connectivity index (χ1) is 12.5. The second kappa shape index (κ2) is 9.61. The molecule has 0 aliphatic rings. The van der Waals surface area contributed by atoms with E-state index >= 15 is 0 Å². The molecule has 0 heterocycles. The van der Waals surface area contributed by atoms with Gasteiger partial charge in [-0.1, -0.05) is 32.0 Å². The number of nitrogens with one attached hydrogen (secondary N) is 1. The third-order valence-corrected chi connectivity index (χ3v) is 4.18. The molecule has 2 aromatic rings. The molecule has 5 nitrogen and oxygen atoms in total. The quantitative estimate of drug-likeness (QED) is 0.579. The van der Waals surface area contributed by atoms with E-state index in [1.807, 2.05) is 50.2 Å². The molecule has 0 aromatic heterocycles. The Morgan fingerprint density at radius 2 is 1.77 bits per heavy atom. The van der Waals surface area contributed by atoms with Crippen LogP contribution in [0, 0.1) is 0 Å². The molecule has 0 bridgehead atoms. The summed E-state index contributed by atoms with van der Waals surface area (Å²) in [4.78, 5) is 23.5. The normalized spacial score (nSPS) is 11.1. The SMILES string of the molecule is CCC(CC)NC(=O)COC(=O)/C=C/c1ccc2cc(OC)ccc2c1. The highest BCUT2D eigenvalue weighted by Crippen LogP contribution is 2.22. The van der Waals surface area contributed by atoms with Gasteiger partial charge in [-0.3, -0.25) is 4.79 Å². The molecule has 0 radical (unpaired) electrons. The number of rotatable bonds is 8. The highest BCUT2D eigenvalue weighted by Gasteiger charge is 2.09. The van der Waals surface area contributed by atoms with Crippen LogP contribution in [0.3, 0.4) is 0 Å². The van der Waals surface area contributed by atoms with Gasteiger partial charge in [0.2, 0.25) is 0 Å². The largest absolute Gasteiger partial charge is 0.497 e. The maximum Gasteiger partial charge on any atom is 0.331 e. The number of amides is 1. The molecule has 26 heavy (non-hydrogen) atoms. The molecule has 0 aliphatic carbocycles. The van der Waals surface area contributed by atoms with Crippen molar-refractivity contribution in [2.24, 2.45) is 0 Å². The van der Waals surface area contributed by atoms with E-state index in [9.17, 15) is 9.59 Å². The monoisotopic (exact) mass is 355 g/mol. The van der Waals surface area contributed by atoms with E-state index in [2.05, 4.69) is 5.32 Å². The predicted octanol–water partition coefficient (Wildman–Crippen LogP) is 3.71. The Morgan fingerprint density at radius 3 is 2.46 bits per heavy atom. The van der Waals surface area contributed by atoms with Gasteiger partial charge in [-0.05, 0) is 53.5 Å². The van der Waals surface area contributed by atoms with Crippen molar-refractivity contribution in [1.82, 2.24) is 5.32 Å². The molecule has 1 amide bonds. The molecule has 0 saturated carbocycles. The van der Waals surface area contributed by atoms with Crippen molar-refractivity contribution in [1.29, 1.82) is 0 Å². The molecule has 138 valence electrons. The first-order valence-electron chi connectivity index (χ1n) is 8.77. The Hall–Kier alpha value is -2.82. The Morgan fingerprint density at radius 1 is 1.08 bits per heavy atom. The Kier molecular flexibility index (Phi) is 7.21. The lowest BCUT2D eigenvalue weighted by atomic mass is 10.1. The van der Waals surface area contributed by atoms with Gasteiger partial charge in [-0.2, -0.15) is 0 Å². The van der Waals surface area contributed by atoms with Crippen molar-refractivity contribution in [2.75, 3.05) is 13.7 Å². The van der Waals surface area contributed by atoms with Crippen LogP contribution >= 0.6 is 0 Å². The molecule has 0 fully saturated rings. The van der Waals surface area contributed by atoms with E-state index in [1.54, 1.807) is 13.2 Å². The number of esters is 1. The highest BCUT2D eigenvalue weighted by atomic mass is 16.5. The van der Waals surface area contributed by atoms with Crippen molar-refractivity contribution in [3.63, 3.8) is 0 Å². The number of carbonyl (C=O) groups is 2. The summed E-state index contributed by atoms with van der Waals surface area (Å²) in [5.41, 5.74) is 0.876. The fraction of sp³-hybridized carbons (Fsp3) is 0.333. The number of ether oxygens (including phenoxy) is 2. The number of carbonyl (C=O) groups excluding carboxylic acids is 2. The first kappa shape index (κ1) is 19.5. The van der Waals surface area contributed by atoms with Crippen LogP contribution in [-0.2, 0) is 14.3 Å². The third kappa shape index (κ3) is 5.62. The van der Waals surface area contributed by atoms with Gasteiger partial charge >= 0.3 is 5.97 Å². The van der Waals surface area contributed by atoms with Crippen molar-refractivity contribution >= 4 is 28.7 Å². The van der Waals surface area contributed by atoms with Gasteiger partial charge < -0.3 is 14.8 Å². The fourth-order valence-electron chi connectivity index (χ4n) is 2.58. The van der Waals surface area contributed by atoms with E-state index in [-0.39, 0.29) is 18.6 Å². The predicted molar refractivity (Wildman–Crippen MR) is 103 cm³/mol. The minimum atomic E-state index is -0.542. The summed E-state index contributed by atoms with van der Waals surface area (Å²) in [6, 6.07) is 11.8. The Labute approximate surface area is 154 Å². The number of fused-ring (bicyclic) bond motifs is 1. The van der Waals surface area contributed by atoms with Crippen molar-refractivity contribution in [2.45, 2.75) is 32.7 Å². The van der Waals surface area contributed by atoms with Gasteiger partial charge in [0.25, 0.3) is 5.91 Å². The minimum Gasteiger partial charge on any atom is -0.497 e. The van der Waals surface area contributed by atoms with Crippen LogP contribution in [0.4, 0.5) is 0 Å². The van der Waals surface area contributed by atoms with E-state index in [1.165, 1.54) is 6.08 Å². The molecule has 0 aliphatic heterocycles. The number of hydrogen-bond acceptors (Lipinski definition) is 4. The minimum absolute atomic E-state index is 0.118. The van der Waals surface area contributed by atoms with Gasteiger partial charge in [-0.15, -0.1) is 0 Å². The van der Waals surface area contributed by atoms with Crippen LogP contribution < -0.4 is 10.1 Å². The molecule has 0 spiro atoms. The maximum atomic E-state index is 11.8. The van der Waals surface area contributed by atoms with Crippen LogP contribution in [-0.4, -0.2) is 31.6 Å². The molecular formula is C21H25NO4. The summed E-state index contributed by atoms with van der Waals surface area (Å²) < 4.78 is 10.2. The Balaban J connectivity index is 1.91. The van der Waals surface area contributed by atoms with Gasteiger partial charge in [0.05, 0.1) is 7.11 Å². The van der Waals surface area contributed by atoms with Gasteiger partial charge in [-0.25, -0.2) is 4.79 Å². The number of hydrogen-bond donors (Lipinski definition) is 1. The average molecular weight is 355 g/mol. The van der Waals surface area contributed by atoms with Crippen molar-refractivity contribution < 1.29 is 19.1 Å². The van der Waals surface area contributed by atoms with Gasteiger partial charge in [0.1, 0.15) is 5.75 Å². The van der Waals surface area contributed by atoms with Crippen molar-refractivity contribution in [3.8, 4) is 5.75 Å². The number of methoxy groups -OCH3 is 1. The van der Waals surface area contributed by atoms with Crippen LogP contribution in [0.5, 0.6) is 5.75 Å². The van der Waals surface area contributed by atoms with E-state index in [4.69, 9.17) is 9.47 Å². The van der Waals surface area contributed by atoms with Crippen LogP contribution in [0.15, 0.2) is 42.5 Å². The van der Waals surface area contributed by atoms with Crippen LogP contribution in [0.1, 0.15) is 32.3 Å². The summed E-state index contributed by atoms with van der Waals surface area (Å²) in [6.07, 6.45) is 4.70. The molecule has 0 atom stereocenters. The lowest BCUT2D eigenvalue weighted by Gasteiger charge is -2.14. The van der Waals surface area contributed by atoms with Gasteiger partial charge in [0.15, 0.2) is 6.61 Å². The molecule has 0 saturated heterocycles. The second-order valence-corrected chi connectivity index (χ2v) is 5.99. The third-order valence-electron chi connectivity index (χ3n) is 4.18. The van der Waals surface area contributed by atoms with Crippen molar-refractivity contribution in [3.05, 3.63) is 48.0 Å². The molecule has 2 rings (SSSR count). The van der Waals surface area contributed by atoms with E-state index in [0.29, 0.717) is 0 Å². The average Bonchev–Trinajstić information content (AvgIpc) is 2.68. The number of benzene rings is 2. The topological polar surface area (TPSA) is 64.6 Å². The van der Waals surface area contributed by atoms with E-state index < -0.39 is 5.97 Å². The zero-order valence-corrected chi connectivity index (χ0v) is 15.5. The highest BCUT2D eigenvalue weighted by molar-refractivity contribution is 5.91. The zero-order valence-electron chi connectivity index (χ0n) is 15.5. The molecule has 0 unspecified atom stereocenters. The van der Waals surface area contributed by atoms with Gasteiger partial charge in [0, 0.05) is 12.1 Å². The molecule has 1 N–H and O–H groups in total. The summed E-state index contributed by atoms with van der Waals surface area (Å²) in [5, 5.41) is 4.93. The molecular weight excluding hydrogens is 330 g/mol. The summed E-state index contributed by atoms with van der Waals surface area (Å²) in [6.45, 7) is 3.74. The first-order valence-corrected chi connectivity index (χ1v) is 8.77.